The highest BCUT2D eigenvalue weighted by Crippen LogP contribution is 2.30. The first-order valence-electron chi connectivity index (χ1n) is 20.6. The van der Waals surface area contributed by atoms with Gasteiger partial charge in [-0.05, 0) is 87.7 Å². The Bertz CT molecular complexity index is 2070. The number of amides is 2. The van der Waals surface area contributed by atoms with Crippen molar-refractivity contribution in [1.29, 1.82) is 0 Å². The molecule has 0 saturated heterocycles. The molecule has 4 aromatic rings. The number of oxime groups is 2. The first-order valence-corrected chi connectivity index (χ1v) is 22.2. The number of hydrogen-bond donors (Lipinski definition) is 7. The quantitative estimate of drug-likeness (QED) is 0.0125. The number of halogens is 1. The lowest BCUT2D eigenvalue weighted by molar-refractivity contribution is -0.131. The predicted molar refractivity (Wildman–Crippen MR) is 245 cm³/mol. The fraction of sp³-hybridized carbons (Fsp3) is 0.488. The number of aryl methyl sites for hydroxylation is 1. The number of carbonyl (C=O) groups excluding carboxylic acids is 2. The summed E-state index contributed by atoms with van der Waals surface area (Å²) in [6.45, 7) is 15.4. The SMILES string of the molecule is C=C(NCCC(CCNC(=O)COCC(=O)NCc1c(CI)nc(CCCC)n1Cc1ccc(-c2ccccc2-c2nn[nH]n2)cc1)CCNC(C)(C)/C(C)=N\O)/C(C)=N\O. The first-order chi connectivity index (χ1) is 29.4. The molecule has 2 aromatic carbocycles. The highest BCUT2D eigenvalue weighted by Gasteiger charge is 2.22. The molecule has 61 heavy (non-hydrogen) atoms. The Morgan fingerprint density at radius 1 is 0.951 bits per heavy atom. The summed E-state index contributed by atoms with van der Waals surface area (Å²) in [5.74, 6) is 1.11. The number of rotatable bonds is 27. The summed E-state index contributed by atoms with van der Waals surface area (Å²) in [4.78, 5) is 30.7. The van der Waals surface area contributed by atoms with Crippen molar-refractivity contribution in [2.75, 3.05) is 32.8 Å². The van der Waals surface area contributed by atoms with Gasteiger partial charge in [0.25, 0.3) is 0 Å². The Hall–Kier alpha value is -5.21. The summed E-state index contributed by atoms with van der Waals surface area (Å²) in [5, 5.41) is 51.9. The van der Waals surface area contributed by atoms with E-state index < -0.39 is 5.54 Å². The van der Waals surface area contributed by atoms with Crippen LogP contribution < -0.4 is 21.3 Å². The van der Waals surface area contributed by atoms with Crippen LogP contribution in [0.15, 0.2) is 71.1 Å². The first kappa shape index (κ1) is 48.5. The average molecular weight is 953 g/mol. The maximum absolute atomic E-state index is 13.0. The van der Waals surface area contributed by atoms with E-state index in [1.165, 1.54) is 0 Å². The van der Waals surface area contributed by atoms with Crippen molar-refractivity contribution >= 4 is 45.8 Å². The molecule has 0 aliphatic rings. The van der Waals surface area contributed by atoms with Gasteiger partial charge in [-0.2, -0.15) is 5.21 Å². The number of imidazole rings is 1. The molecule has 0 spiro atoms. The van der Waals surface area contributed by atoms with Gasteiger partial charge in [0, 0.05) is 36.0 Å². The smallest absolute Gasteiger partial charge is 0.246 e. The van der Waals surface area contributed by atoms with E-state index in [9.17, 15) is 14.8 Å². The normalized spacial score (nSPS) is 12.6. The lowest BCUT2D eigenvalue weighted by atomic mass is 9.95. The maximum atomic E-state index is 13.0. The van der Waals surface area contributed by atoms with Crippen molar-refractivity contribution in [3.63, 3.8) is 0 Å². The van der Waals surface area contributed by atoms with Crippen LogP contribution in [0.5, 0.6) is 0 Å². The number of tetrazole rings is 1. The molecule has 1 unspecified atom stereocenters. The molecule has 18 heteroatoms. The van der Waals surface area contributed by atoms with Gasteiger partial charge in [0.1, 0.15) is 19.0 Å². The topological polar surface area (TPSA) is 229 Å². The van der Waals surface area contributed by atoms with Gasteiger partial charge in [-0.15, -0.1) is 10.2 Å². The molecule has 7 N–H and O–H groups in total. The number of aromatic nitrogens is 6. The van der Waals surface area contributed by atoms with Gasteiger partial charge in [-0.25, -0.2) is 4.98 Å². The van der Waals surface area contributed by atoms with Gasteiger partial charge in [-0.1, -0.05) is 101 Å². The highest BCUT2D eigenvalue weighted by molar-refractivity contribution is 14.1. The van der Waals surface area contributed by atoms with Gasteiger partial charge < -0.3 is 41.0 Å². The number of allylic oxidation sites excluding steroid dienone is 1. The largest absolute Gasteiger partial charge is 0.411 e. The molecule has 0 fully saturated rings. The van der Waals surface area contributed by atoms with E-state index in [2.05, 4.69) is 117 Å². The Morgan fingerprint density at radius 2 is 1.62 bits per heavy atom. The van der Waals surface area contributed by atoms with Crippen LogP contribution in [0.3, 0.4) is 0 Å². The zero-order valence-electron chi connectivity index (χ0n) is 35.9. The van der Waals surface area contributed by atoms with E-state index in [0.29, 0.717) is 60.0 Å². The molecule has 0 aliphatic carbocycles. The lowest BCUT2D eigenvalue weighted by Crippen LogP contribution is -2.46. The molecule has 2 amide bonds. The number of benzene rings is 2. The second kappa shape index (κ2) is 24.9. The van der Waals surface area contributed by atoms with Crippen molar-refractivity contribution < 1.29 is 24.7 Å². The number of unbranched alkanes of at least 4 members (excludes halogenated alkanes) is 1. The van der Waals surface area contributed by atoms with E-state index in [1.54, 1.807) is 13.8 Å². The van der Waals surface area contributed by atoms with Gasteiger partial charge >= 0.3 is 0 Å². The Kier molecular flexibility index (Phi) is 19.8. The molecule has 0 bridgehead atoms. The fourth-order valence-corrected chi connectivity index (χ4v) is 7.22. The van der Waals surface area contributed by atoms with Crippen molar-refractivity contribution in [2.24, 2.45) is 16.2 Å². The van der Waals surface area contributed by atoms with Crippen molar-refractivity contribution in [2.45, 2.75) is 96.2 Å². The number of aromatic amines is 1. The number of hydrogen-bond acceptors (Lipinski definition) is 13. The Labute approximate surface area is 371 Å². The summed E-state index contributed by atoms with van der Waals surface area (Å²) < 4.78 is 8.43. The van der Waals surface area contributed by atoms with Crippen LogP contribution in [0, 0.1) is 5.92 Å². The second-order valence-corrected chi connectivity index (χ2v) is 16.2. The van der Waals surface area contributed by atoms with Crippen LogP contribution in [-0.4, -0.2) is 102 Å². The summed E-state index contributed by atoms with van der Waals surface area (Å²) in [7, 11) is 0. The van der Waals surface area contributed by atoms with Crippen LogP contribution in [0.25, 0.3) is 22.5 Å². The molecular formula is C43H61IN12O5. The number of nitrogens with zero attached hydrogens (tertiary/aromatic N) is 7. The third-order valence-electron chi connectivity index (χ3n) is 10.7. The summed E-state index contributed by atoms with van der Waals surface area (Å²) >= 11 is 2.31. The molecule has 17 nitrogen and oxygen atoms in total. The van der Waals surface area contributed by atoms with Gasteiger partial charge in [0.15, 0.2) is 0 Å². The third-order valence-corrected chi connectivity index (χ3v) is 11.4. The third kappa shape index (κ3) is 15.0. The molecular weight excluding hydrogens is 891 g/mol. The lowest BCUT2D eigenvalue weighted by Gasteiger charge is -2.27. The number of carbonyl (C=O) groups is 2. The summed E-state index contributed by atoms with van der Waals surface area (Å²) in [6, 6.07) is 16.4. The van der Waals surface area contributed by atoms with E-state index in [1.807, 2.05) is 38.1 Å². The van der Waals surface area contributed by atoms with E-state index in [-0.39, 0.29) is 37.5 Å². The number of H-pyrrole nitrogens is 1. The van der Waals surface area contributed by atoms with Crippen molar-refractivity contribution in [3.8, 4) is 22.5 Å². The van der Waals surface area contributed by atoms with Gasteiger partial charge in [-0.3, -0.25) is 9.59 Å². The minimum absolute atomic E-state index is 0.224. The Morgan fingerprint density at radius 3 is 2.26 bits per heavy atom. The average Bonchev–Trinajstić information content (AvgIpc) is 3.92. The molecule has 1 atom stereocenters. The zero-order chi connectivity index (χ0) is 44.2. The second-order valence-electron chi connectivity index (χ2n) is 15.4. The summed E-state index contributed by atoms with van der Waals surface area (Å²) in [5.41, 5.74) is 6.95. The van der Waals surface area contributed by atoms with Crippen LogP contribution in [-0.2, 0) is 38.3 Å². The van der Waals surface area contributed by atoms with E-state index in [4.69, 9.17) is 14.9 Å². The molecule has 2 aromatic heterocycles. The molecule has 0 saturated carbocycles. The fourth-order valence-electron chi connectivity index (χ4n) is 6.61. The van der Waals surface area contributed by atoms with Crippen LogP contribution in [0.4, 0.5) is 0 Å². The molecule has 4 rings (SSSR count). The van der Waals surface area contributed by atoms with Gasteiger partial charge in [0.2, 0.25) is 17.6 Å². The molecule has 330 valence electrons. The van der Waals surface area contributed by atoms with Crippen LogP contribution >= 0.6 is 22.6 Å². The van der Waals surface area contributed by atoms with Crippen molar-refractivity contribution in [1.82, 2.24) is 51.4 Å². The summed E-state index contributed by atoms with van der Waals surface area (Å²) in [6.07, 6.45) is 5.14. The molecule has 0 radical (unpaired) electrons. The standard InChI is InChI=1S/C43H61IN12O5/c1-7-8-13-39-49-37(24-44)38(56(39)26-33-14-16-34(17-15-33)35-11-9-10-12-36(35)42-50-54-55-51-42)25-47-41(58)28-61-27-40(57)46-22-19-32(18-21-45-29(2)30(3)52-59)20-23-48-43(5,6)31(4)53-60/h9-12,14-17,32,45,48,59-60H,2,7-8,13,18-28H2,1,3-6H3,(H,46,57)(H,47,58)(H,50,51,54,55)/b52-30-,53-31-. The molecule has 0 aliphatic heterocycles. The molecule has 2 heterocycles. The monoisotopic (exact) mass is 952 g/mol. The van der Waals surface area contributed by atoms with E-state index >= 15 is 0 Å². The number of nitrogens with one attached hydrogen (secondary N) is 5. The predicted octanol–water partition coefficient (Wildman–Crippen LogP) is 5.76. The van der Waals surface area contributed by atoms with Crippen LogP contribution in [0.2, 0.25) is 0 Å². The highest BCUT2D eigenvalue weighted by atomic mass is 127. The van der Waals surface area contributed by atoms with E-state index in [0.717, 1.165) is 71.6 Å². The Balaban J connectivity index is 1.30. The maximum Gasteiger partial charge on any atom is 0.246 e. The minimum atomic E-state index is -0.477. The number of alkyl halides is 1. The number of ether oxygens (including phenoxy) is 1. The minimum Gasteiger partial charge on any atom is -0.411 e. The van der Waals surface area contributed by atoms with Crippen LogP contribution in [0.1, 0.15) is 89.5 Å². The zero-order valence-corrected chi connectivity index (χ0v) is 38.1. The van der Waals surface area contributed by atoms with Crippen molar-refractivity contribution in [3.05, 3.63) is 83.6 Å². The van der Waals surface area contributed by atoms with Gasteiger partial charge in [0.05, 0.1) is 40.6 Å².